The van der Waals surface area contributed by atoms with Gasteiger partial charge in [-0.2, -0.15) is 0 Å². The van der Waals surface area contributed by atoms with Gasteiger partial charge < -0.3 is 25.4 Å². The number of hydrogen-bond acceptors (Lipinski definition) is 4. The highest BCUT2D eigenvalue weighted by atomic mass is 19.2. The van der Waals surface area contributed by atoms with E-state index in [1.807, 2.05) is 18.2 Å². The Bertz CT molecular complexity index is 924. The highest BCUT2D eigenvalue weighted by molar-refractivity contribution is 5.95. The number of rotatable bonds is 5. The number of ether oxygens (including phenoxy) is 2. The minimum Gasteiger partial charge on any atom is -0.486 e. The Morgan fingerprint density at radius 3 is 2.62 bits per heavy atom. The van der Waals surface area contributed by atoms with E-state index in [0.29, 0.717) is 30.6 Å². The third kappa shape index (κ3) is 5.09. The van der Waals surface area contributed by atoms with Gasteiger partial charge in [0.05, 0.1) is 18.8 Å². The molecule has 1 unspecified atom stereocenters. The fourth-order valence-electron chi connectivity index (χ4n) is 2.58. The van der Waals surface area contributed by atoms with Gasteiger partial charge in [-0.25, -0.2) is 13.2 Å². The molecule has 2 aromatic carbocycles. The van der Waals surface area contributed by atoms with E-state index in [9.17, 15) is 18.0 Å². The number of carbonyl (C=O) groups excluding carboxylic acids is 1. The van der Waals surface area contributed by atoms with Crippen LogP contribution in [0, 0.1) is 17.5 Å². The second-order valence-corrected chi connectivity index (χ2v) is 6.08. The van der Waals surface area contributed by atoms with Gasteiger partial charge in [-0.05, 0) is 24.3 Å². The van der Waals surface area contributed by atoms with Crippen molar-refractivity contribution in [3.05, 3.63) is 53.8 Å². The Kier molecular flexibility index (Phi) is 6.43. The van der Waals surface area contributed by atoms with Crippen LogP contribution < -0.4 is 25.4 Å². The number of hydrogen-bond donors (Lipinski definition) is 3. The number of carbonyl (C=O) groups is 1. The van der Waals surface area contributed by atoms with Crippen molar-refractivity contribution in [1.29, 1.82) is 0 Å². The van der Waals surface area contributed by atoms with Gasteiger partial charge in [0, 0.05) is 7.05 Å². The van der Waals surface area contributed by atoms with Crippen LogP contribution in [-0.2, 0) is 4.79 Å². The summed E-state index contributed by atoms with van der Waals surface area (Å²) in [4.78, 5) is 15.9. The van der Waals surface area contributed by atoms with Crippen LogP contribution in [0.15, 0.2) is 41.4 Å². The summed E-state index contributed by atoms with van der Waals surface area (Å²) < 4.78 is 51.2. The van der Waals surface area contributed by atoms with Crippen LogP contribution in [0.1, 0.15) is 0 Å². The number of nitrogens with one attached hydrogen (secondary N) is 3. The molecule has 0 spiro atoms. The molecule has 1 heterocycles. The zero-order valence-corrected chi connectivity index (χ0v) is 15.5. The number of halogens is 3. The van der Waals surface area contributed by atoms with Crippen LogP contribution in [0.2, 0.25) is 0 Å². The normalized spacial score (nSPS) is 15.6. The standard InChI is InChI=1S/C19H19F3N4O3/c1-23-19(24-8-11-10-28-14-4-2-3-5-15(14)29-11)25-9-16(27)26-13-7-6-12(20)17(21)18(13)22/h2-7,11H,8-10H2,1H3,(H,26,27)(H2,23,24,25). The molecular weight excluding hydrogens is 389 g/mol. The summed E-state index contributed by atoms with van der Waals surface area (Å²) in [5, 5.41) is 7.88. The molecule has 0 radical (unpaired) electrons. The van der Waals surface area contributed by atoms with E-state index in [1.54, 1.807) is 6.07 Å². The topological polar surface area (TPSA) is 84.0 Å². The molecule has 0 fully saturated rings. The Balaban J connectivity index is 1.46. The molecule has 0 saturated heterocycles. The predicted octanol–water partition coefficient (Wildman–Crippen LogP) is 2.05. The summed E-state index contributed by atoms with van der Waals surface area (Å²) in [7, 11) is 1.51. The monoisotopic (exact) mass is 408 g/mol. The molecule has 2 aromatic rings. The largest absolute Gasteiger partial charge is 0.486 e. The summed E-state index contributed by atoms with van der Waals surface area (Å²) in [6.45, 7) is 0.424. The van der Waals surface area contributed by atoms with E-state index in [4.69, 9.17) is 9.47 Å². The molecule has 3 rings (SSSR count). The fraction of sp³-hybridized carbons (Fsp3) is 0.263. The van der Waals surface area contributed by atoms with Crippen molar-refractivity contribution in [2.75, 3.05) is 32.1 Å². The van der Waals surface area contributed by atoms with Gasteiger partial charge in [0.25, 0.3) is 0 Å². The van der Waals surface area contributed by atoms with Crippen molar-refractivity contribution >= 4 is 17.6 Å². The predicted molar refractivity (Wildman–Crippen MR) is 101 cm³/mol. The number of anilines is 1. The van der Waals surface area contributed by atoms with E-state index in [2.05, 4.69) is 20.9 Å². The number of nitrogens with zero attached hydrogens (tertiary/aromatic N) is 1. The second-order valence-electron chi connectivity index (χ2n) is 6.08. The highest BCUT2D eigenvalue weighted by Gasteiger charge is 2.21. The first-order chi connectivity index (χ1) is 14.0. The Labute approximate surface area is 164 Å². The molecule has 1 amide bonds. The summed E-state index contributed by atoms with van der Waals surface area (Å²) in [6, 6.07) is 8.98. The lowest BCUT2D eigenvalue weighted by molar-refractivity contribution is -0.115. The number of benzene rings is 2. The number of para-hydroxylation sites is 2. The van der Waals surface area contributed by atoms with Crippen LogP contribution in [0.3, 0.4) is 0 Å². The minimum absolute atomic E-state index is 0.270. The maximum atomic E-state index is 13.6. The summed E-state index contributed by atoms with van der Waals surface area (Å²) >= 11 is 0. The molecule has 10 heteroatoms. The lowest BCUT2D eigenvalue weighted by Crippen LogP contribution is -2.47. The Morgan fingerprint density at radius 1 is 1.10 bits per heavy atom. The summed E-state index contributed by atoms with van der Waals surface area (Å²) in [5.74, 6) is -3.49. The molecule has 0 saturated carbocycles. The third-order valence-electron chi connectivity index (χ3n) is 4.01. The van der Waals surface area contributed by atoms with Gasteiger partial charge >= 0.3 is 0 Å². The first-order valence-corrected chi connectivity index (χ1v) is 8.74. The zero-order valence-electron chi connectivity index (χ0n) is 15.5. The molecule has 29 heavy (non-hydrogen) atoms. The van der Waals surface area contributed by atoms with Crippen molar-refractivity contribution in [3.63, 3.8) is 0 Å². The minimum atomic E-state index is -1.65. The number of aliphatic imine (C=N–C) groups is 1. The summed E-state index contributed by atoms with van der Waals surface area (Å²) in [5.41, 5.74) is -0.454. The lowest BCUT2D eigenvalue weighted by Gasteiger charge is -2.27. The maximum absolute atomic E-state index is 13.6. The molecule has 154 valence electrons. The molecule has 0 aromatic heterocycles. The molecule has 1 atom stereocenters. The molecule has 3 N–H and O–H groups in total. The average molecular weight is 408 g/mol. The Hall–Kier alpha value is -3.43. The van der Waals surface area contributed by atoms with Crippen molar-refractivity contribution in [2.24, 2.45) is 4.99 Å². The van der Waals surface area contributed by atoms with Gasteiger partial charge in [-0.3, -0.25) is 9.79 Å². The van der Waals surface area contributed by atoms with Gasteiger partial charge in [-0.15, -0.1) is 0 Å². The van der Waals surface area contributed by atoms with Crippen LogP contribution in [0.25, 0.3) is 0 Å². The second kappa shape index (κ2) is 9.18. The molecular formula is C19H19F3N4O3. The van der Waals surface area contributed by atoms with Gasteiger partial charge in [0.15, 0.2) is 34.9 Å². The van der Waals surface area contributed by atoms with Gasteiger partial charge in [-0.1, -0.05) is 12.1 Å². The van der Waals surface area contributed by atoms with Crippen molar-refractivity contribution in [1.82, 2.24) is 10.6 Å². The third-order valence-corrected chi connectivity index (χ3v) is 4.01. The maximum Gasteiger partial charge on any atom is 0.243 e. The van der Waals surface area contributed by atoms with E-state index in [-0.39, 0.29) is 12.6 Å². The highest BCUT2D eigenvalue weighted by Crippen LogP contribution is 2.30. The van der Waals surface area contributed by atoms with Crippen LogP contribution >= 0.6 is 0 Å². The number of fused-ring (bicyclic) bond motifs is 1. The van der Waals surface area contributed by atoms with Gasteiger partial charge in [0.2, 0.25) is 5.91 Å². The van der Waals surface area contributed by atoms with Crippen LogP contribution in [0.5, 0.6) is 11.5 Å². The molecule has 7 nitrogen and oxygen atoms in total. The van der Waals surface area contributed by atoms with Crippen LogP contribution in [0.4, 0.5) is 18.9 Å². The lowest BCUT2D eigenvalue weighted by atomic mass is 10.2. The van der Waals surface area contributed by atoms with Crippen molar-refractivity contribution < 1.29 is 27.4 Å². The summed E-state index contributed by atoms with van der Waals surface area (Å²) in [6.07, 6.45) is -0.270. The first kappa shape index (κ1) is 20.3. The smallest absolute Gasteiger partial charge is 0.243 e. The first-order valence-electron chi connectivity index (χ1n) is 8.74. The quantitative estimate of drug-likeness (QED) is 0.401. The fourth-order valence-corrected chi connectivity index (χ4v) is 2.58. The van der Waals surface area contributed by atoms with Crippen LogP contribution in [-0.4, -0.2) is 44.7 Å². The van der Waals surface area contributed by atoms with E-state index >= 15 is 0 Å². The molecule has 1 aliphatic heterocycles. The zero-order chi connectivity index (χ0) is 20.8. The molecule has 0 aliphatic carbocycles. The van der Waals surface area contributed by atoms with E-state index in [0.717, 1.165) is 12.1 Å². The SMILES string of the molecule is CN=C(NCC(=O)Nc1ccc(F)c(F)c1F)NCC1COc2ccccc2O1. The number of guanidine groups is 1. The van der Waals surface area contributed by atoms with Crippen molar-refractivity contribution in [2.45, 2.75) is 6.10 Å². The van der Waals surface area contributed by atoms with Gasteiger partial charge in [0.1, 0.15) is 12.7 Å². The Morgan fingerprint density at radius 2 is 1.86 bits per heavy atom. The average Bonchev–Trinajstić information content (AvgIpc) is 2.74. The number of amides is 1. The van der Waals surface area contributed by atoms with E-state index in [1.165, 1.54) is 7.05 Å². The molecule has 0 bridgehead atoms. The van der Waals surface area contributed by atoms with E-state index < -0.39 is 29.0 Å². The molecule has 1 aliphatic rings. The van der Waals surface area contributed by atoms with Crippen molar-refractivity contribution in [3.8, 4) is 11.5 Å².